The lowest BCUT2D eigenvalue weighted by Gasteiger charge is -2.09. The third-order valence-electron chi connectivity index (χ3n) is 2.07. The second kappa shape index (κ2) is 3.24. The fraction of sp³-hybridized carbons (Fsp3) is 0.750. The van der Waals surface area contributed by atoms with Crippen molar-refractivity contribution >= 4 is 12.1 Å². The van der Waals surface area contributed by atoms with Crippen LogP contribution in [0.1, 0.15) is 13.8 Å². The summed E-state index contributed by atoms with van der Waals surface area (Å²) in [4.78, 5) is 23.6. The molecule has 1 fully saturated rings. The number of esters is 1. The predicted molar refractivity (Wildman–Crippen MR) is 44.1 cm³/mol. The van der Waals surface area contributed by atoms with Crippen LogP contribution in [0.3, 0.4) is 0 Å². The van der Waals surface area contributed by atoms with Gasteiger partial charge in [0.1, 0.15) is 0 Å². The normalized spacial score (nSPS) is 25.3. The number of hydrogen-bond donors (Lipinski definition) is 0. The molecule has 1 rings (SSSR count). The monoisotopic (exact) mass is 187 g/mol. The number of carbonyl (C=O) groups is 2. The summed E-state index contributed by atoms with van der Waals surface area (Å²) >= 11 is 0. The number of methoxy groups -OCH3 is 1. The van der Waals surface area contributed by atoms with E-state index in [2.05, 4.69) is 4.74 Å². The first kappa shape index (κ1) is 9.83. The zero-order chi connectivity index (χ0) is 10.1. The highest BCUT2D eigenvalue weighted by Gasteiger charge is 2.59. The molecule has 1 aliphatic heterocycles. The summed E-state index contributed by atoms with van der Waals surface area (Å²) in [7, 11) is 1.30. The Morgan fingerprint density at radius 1 is 1.54 bits per heavy atom. The third kappa shape index (κ3) is 1.59. The number of hydrogen-bond acceptors (Lipinski definition) is 4. The standard InChI is InChI=1S/C8H13NO4/c1-4-13-7(11)9-5-8(9,2)6(10)12-3/h4-5H2,1-3H3/t8-,9?/m0/s1. The van der Waals surface area contributed by atoms with Gasteiger partial charge in [-0.2, -0.15) is 0 Å². The molecule has 1 aliphatic rings. The molecule has 74 valence electrons. The van der Waals surface area contributed by atoms with Crippen LogP contribution in [-0.4, -0.2) is 42.8 Å². The summed E-state index contributed by atoms with van der Waals surface area (Å²) < 4.78 is 9.28. The van der Waals surface area contributed by atoms with Crippen molar-refractivity contribution in [1.29, 1.82) is 0 Å². The highest BCUT2D eigenvalue weighted by Crippen LogP contribution is 2.33. The Balaban J connectivity index is 2.52. The van der Waals surface area contributed by atoms with Crippen molar-refractivity contribution in [3.63, 3.8) is 0 Å². The van der Waals surface area contributed by atoms with E-state index in [-0.39, 0.29) is 0 Å². The topological polar surface area (TPSA) is 55.6 Å². The molecule has 1 saturated heterocycles. The molecular weight excluding hydrogens is 174 g/mol. The average Bonchev–Trinajstić information content (AvgIpc) is 2.79. The SMILES string of the molecule is CCOC(=O)N1C[C@@]1(C)C(=O)OC. The van der Waals surface area contributed by atoms with Crippen molar-refractivity contribution in [3.8, 4) is 0 Å². The van der Waals surface area contributed by atoms with Gasteiger partial charge in [0.15, 0.2) is 5.54 Å². The maximum Gasteiger partial charge on any atom is 0.410 e. The lowest BCUT2D eigenvalue weighted by atomic mass is 10.2. The van der Waals surface area contributed by atoms with Gasteiger partial charge in [-0.15, -0.1) is 0 Å². The smallest absolute Gasteiger partial charge is 0.410 e. The summed E-state index contributed by atoms with van der Waals surface area (Å²) in [5, 5.41) is 0. The van der Waals surface area contributed by atoms with Crippen LogP contribution in [0.15, 0.2) is 0 Å². The molecule has 1 heterocycles. The fourth-order valence-corrected chi connectivity index (χ4v) is 1.13. The molecule has 5 heteroatoms. The Labute approximate surface area is 76.6 Å². The van der Waals surface area contributed by atoms with Crippen LogP contribution < -0.4 is 0 Å². The number of amides is 1. The molecule has 0 saturated carbocycles. The number of carbonyl (C=O) groups excluding carboxylic acids is 2. The van der Waals surface area contributed by atoms with E-state index in [1.54, 1.807) is 13.8 Å². The van der Waals surface area contributed by atoms with Gasteiger partial charge in [-0.25, -0.2) is 9.59 Å². The Bertz CT molecular complexity index is 240. The third-order valence-corrected chi connectivity index (χ3v) is 2.07. The highest BCUT2D eigenvalue weighted by atomic mass is 16.6. The lowest BCUT2D eigenvalue weighted by Crippen LogP contribution is -2.30. The molecule has 0 N–H and O–H groups in total. The van der Waals surface area contributed by atoms with Crippen LogP contribution in [0.4, 0.5) is 4.79 Å². The van der Waals surface area contributed by atoms with Crippen molar-refractivity contribution < 1.29 is 19.1 Å². The van der Waals surface area contributed by atoms with Crippen molar-refractivity contribution in [2.75, 3.05) is 20.3 Å². The van der Waals surface area contributed by atoms with Gasteiger partial charge in [-0.3, -0.25) is 4.90 Å². The Hall–Kier alpha value is -1.26. The van der Waals surface area contributed by atoms with E-state index in [9.17, 15) is 9.59 Å². The van der Waals surface area contributed by atoms with Gasteiger partial charge >= 0.3 is 12.1 Å². The number of nitrogens with zero attached hydrogens (tertiary/aromatic N) is 1. The highest BCUT2D eigenvalue weighted by molar-refractivity contribution is 5.91. The van der Waals surface area contributed by atoms with Crippen molar-refractivity contribution in [1.82, 2.24) is 4.90 Å². The molecule has 0 spiro atoms. The molecule has 1 atom stereocenters. The second-order valence-electron chi connectivity index (χ2n) is 3.05. The molecule has 13 heavy (non-hydrogen) atoms. The molecule has 5 nitrogen and oxygen atoms in total. The van der Waals surface area contributed by atoms with E-state index in [4.69, 9.17) is 4.74 Å². The van der Waals surface area contributed by atoms with Crippen LogP contribution in [0.25, 0.3) is 0 Å². The molecule has 1 amide bonds. The molecule has 0 aromatic rings. The van der Waals surface area contributed by atoms with Crippen LogP contribution in [-0.2, 0) is 14.3 Å². The van der Waals surface area contributed by atoms with Gasteiger partial charge in [-0.05, 0) is 13.8 Å². The van der Waals surface area contributed by atoms with Crippen LogP contribution >= 0.6 is 0 Å². The van der Waals surface area contributed by atoms with Gasteiger partial charge in [0, 0.05) is 0 Å². The number of ether oxygens (including phenoxy) is 2. The van der Waals surface area contributed by atoms with Gasteiger partial charge in [0.2, 0.25) is 0 Å². The van der Waals surface area contributed by atoms with Crippen molar-refractivity contribution in [3.05, 3.63) is 0 Å². The molecule has 0 aliphatic carbocycles. The van der Waals surface area contributed by atoms with Crippen LogP contribution in [0.2, 0.25) is 0 Å². The zero-order valence-electron chi connectivity index (χ0n) is 7.99. The second-order valence-corrected chi connectivity index (χ2v) is 3.05. The quantitative estimate of drug-likeness (QED) is 0.463. The van der Waals surface area contributed by atoms with Gasteiger partial charge in [0.25, 0.3) is 0 Å². The lowest BCUT2D eigenvalue weighted by molar-refractivity contribution is -0.144. The fourth-order valence-electron chi connectivity index (χ4n) is 1.13. The summed E-state index contributed by atoms with van der Waals surface area (Å²) in [6.07, 6.45) is -0.463. The van der Waals surface area contributed by atoms with Crippen molar-refractivity contribution in [2.24, 2.45) is 0 Å². The average molecular weight is 187 g/mol. The maximum absolute atomic E-state index is 11.1. The maximum atomic E-state index is 11.1. The molecule has 0 aromatic carbocycles. The molecule has 0 unspecified atom stereocenters. The van der Waals surface area contributed by atoms with E-state index in [1.807, 2.05) is 0 Å². The van der Waals surface area contributed by atoms with Crippen molar-refractivity contribution in [2.45, 2.75) is 19.4 Å². The van der Waals surface area contributed by atoms with Gasteiger partial charge in [0.05, 0.1) is 20.3 Å². The minimum Gasteiger partial charge on any atom is -0.467 e. The van der Waals surface area contributed by atoms with Crippen LogP contribution in [0.5, 0.6) is 0 Å². The predicted octanol–water partition coefficient (Wildman–Crippen LogP) is 0.390. The zero-order valence-corrected chi connectivity index (χ0v) is 7.99. The molecule has 0 bridgehead atoms. The Morgan fingerprint density at radius 3 is 2.62 bits per heavy atom. The molecule has 0 radical (unpaired) electrons. The first-order valence-corrected chi connectivity index (χ1v) is 4.09. The summed E-state index contributed by atoms with van der Waals surface area (Å²) in [5.74, 6) is -0.402. The van der Waals surface area contributed by atoms with Gasteiger partial charge < -0.3 is 9.47 Å². The first-order valence-electron chi connectivity index (χ1n) is 4.09. The van der Waals surface area contributed by atoms with E-state index in [0.717, 1.165) is 0 Å². The van der Waals surface area contributed by atoms with Gasteiger partial charge in [-0.1, -0.05) is 0 Å². The summed E-state index contributed by atoms with van der Waals surface area (Å²) in [5.41, 5.74) is -0.805. The summed E-state index contributed by atoms with van der Waals surface area (Å²) in [6.45, 7) is 4.05. The number of rotatable bonds is 2. The van der Waals surface area contributed by atoms with E-state index in [1.165, 1.54) is 12.0 Å². The molecule has 0 aromatic heterocycles. The van der Waals surface area contributed by atoms with E-state index >= 15 is 0 Å². The Kier molecular flexibility index (Phi) is 2.45. The molecular formula is C8H13NO4. The van der Waals surface area contributed by atoms with E-state index < -0.39 is 17.6 Å². The van der Waals surface area contributed by atoms with E-state index in [0.29, 0.717) is 13.2 Å². The first-order chi connectivity index (χ1) is 6.06. The van der Waals surface area contributed by atoms with Crippen LogP contribution in [0, 0.1) is 0 Å². The largest absolute Gasteiger partial charge is 0.467 e. The minimum atomic E-state index is -0.805. The summed E-state index contributed by atoms with van der Waals surface area (Å²) in [6, 6.07) is 0. The minimum absolute atomic E-state index is 0.312. The Morgan fingerprint density at radius 2 is 2.15 bits per heavy atom.